The van der Waals surface area contributed by atoms with Gasteiger partial charge in [-0.3, -0.25) is 9.69 Å². The zero-order valence-corrected chi connectivity index (χ0v) is 12.0. The van der Waals surface area contributed by atoms with E-state index in [1.54, 1.807) is 0 Å². The van der Waals surface area contributed by atoms with Gasteiger partial charge in [0.2, 0.25) is 0 Å². The molecule has 1 aliphatic heterocycles. The van der Waals surface area contributed by atoms with Crippen molar-refractivity contribution in [1.82, 2.24) is 4.90 Å². The highest BCUT2D eigenvalue weighted by atomic mass is 16.3. The van der Waals surface area contributed by atoms with Crippen LogP contribution in [0.3, 0.4) is 0 Å². The summed E-state index contributed by atoms with van der Waals surface area (Å²) in [4.78, 5) is 14.2. The molecule has 1 atom stereocenters. The molecule has 0 spiro atoms. The minimum atomic E-state index is -0.637. The van der Waals surface area contributed by atoms with Gasteiger partial charge in [0.05, 0.1) is 12.1 Å². The number of hydrogen-bond acceptors (Lipinski definition) is 3. The summed E-state index contributed by atoms with van der Waals surface area (Å²) in [6.07, 6.45) is 0.743. The highest BCUT2D eigenvalue weighted by Gasteiger charge is 2.32. The summed E-state index contributed by atoms with van der Waals surface area (Å²) < 4.78 is 0. The van der Waals surface area contributed by atoms with Gasteiger partial charge in [-0.1, -0.05) is 38.1 Å². The van der Waals surface area contributed by atoms with Crippen LogP contribution in [0.4, 0.5) is 0 Å². The third kappa shape index (κ3) is 3.64. The first kappa shape index (κ1) is 14.2. The smallest absolute Gasteiger partial charge is 0.176 e. The van der Waals surface area contributed by atoms with Gasteiger partial charge in [0.25, 0.3) is 0 Å². The van der Waals surface area contributed by atoms with Crippen molar-refractivity contribution in [2.24, 2.45) is 0 Å². The van der Waals surface area contributed by atoms with Gasteiger partial charge in [0, 0.05) is 18.7 Å². The molecule has 2 rings (SSSR count). The third-order valence-electron chi connectivity index (χ3n) is 3.80. The topological polar surface area (TPSA) is 40.5 Å². The molecular formula is C16H23NO2. The molecule has 1 N–H and O–H groups in total. The van der Waals surface area contributed by atoms with Crippen LogP contribution in [-0.2, 0) is 0 Å². The van der Waals surface area contributed by atoms with Gasteiger partial charge in [-0.05, 0) is 24.8 Å². The van der Waals surface area contributed by atoms with Crippen molar-refractivity contribution in [2.75, 3.05) is 19.6 Å². The van der Waals surface area contributed by atoms with E-state index in [1.165, 1.54) is 5.56 Å². The van der Waals surface area contributed by atoms with E-state index in [4.69, 9.17) is 0 Å². The number of Topliss-reactive ketones (excluding diaryl/α,β-unsaturated/α-hetero) is 1. The lowest BCUT2D eigenvalue weighted by Gasteiger charge is -2.18. The number of β-amino-alcohol motifs (C(OH)–C–C–N with tert-alkyl or cyclic N) is 1. The Bertz CT molecular complexity index is 448. The van der Waals surface area contributed by atoms with Gasteiger partial charge < -0.3 is 5.11 Å². The number of rotatable bonds is 4. The second-order valence-corrected chi connectivity index (χ2v) is 6.16. The molecule has 0 saturated carbocycles. The fourth-order valence-corrected chi connectivity index (χ4v) is 2.52. The van der Waals surface area contributed by atoms with Crippen molar-refractivity contribution in [2.45, 2.75) is 38.7 Å². The van der Waals surface area contributed by atoms with Crippen LogP contribution in [0.15, 0.2) is 24.3 Å². The molecule has 1 unspecified atom stereocenters. The monoisotopic (exact) mass is 261 g/mol. The van der Waals surface area contributed by atoms with E-state index in [1.807, 2.05) is 36.1 Å². The van der Waals surface area contributed by atoms with Gasteiger partial charge >= 0.3 is 0 Å². The summed E-state index contributed by atoms with van der Waals surface area (Å²) in [5, 5.41) is 9.89. The fraction of sp³-hybridized carbons (Fsp3) is 0.562. The Morgan fingerprint density at radius 1 is 1.37 bits per heavy atom. The molecular weight excluding hydrogens is 238 g/mol. The quantitative estimate of drug-likeness (QED) is 0.846. The first-order chi connectivity index (χ1) is 8.87. The highest BCUT2D eigenvalue weighted by Crippen LogP contribution is 2.21. The zero-order chi connectivity index (χ0) is 14.0. The van der Waals surface area contributed by atoms with Crippen molar-refractivity contribution in [1.29, 1.82) is 0 Å². The molecule has 19 heavy (non-hydrogen) atoms. The SMILES string of the molecule is CC(C)c1ccc(C(=O)CN2CCC(C)(O)C2)cc1. The van der Waals surface area contributed by atoms with Crippen molar-refractivity contribution >= 4 is 5.78 Å². The number of carbonyl (C=O) groups is 1. The zero-order valence-electron chi connectivity index (χ0n) is 12.0. The Hall–Kier alpha value is -1.19. The van der Waals surface area contributed by atoms with Gasteiger partial charge in [-0.2, -0.15) is 0 Å². The molecule has 3 heteroatoms. The maximum atomic E-state index is 12.2. The van der Waals surface area contributed by atoms with Crippen molar-refractivity contribution in [3.05, 3.63) is 35.4 Å². The van der Waals surface area contributed by atoms with E-state index in [9.17, 15) is 9.90 Å². The maximum Gasteiger partial charge on any atom is 0.176 e. The lowest BCUT2D eigenvalue weighted by Crippen LogP contribution is -2.33. The molecule has 1 aliphatic rings. The second-order valence-electron chi connectivity index (χ2n) is 6.16. The Labute approximate surface area is 115 Å². The molecule has 0 aromatic heterocycles. The third-order valence-corrected chi connectivity index (χ3v) is 3.80. The van der Waals surface area contributed by atoms with Crippen LogP contribution in [0.5, 0.6) is 0 Å². The van der Waals surface area contributed by atoms with E-state index >= 15 is 0 Å². The van der Waals surface area contributed by atoms with Crippen LogP contribution >= 0.6 is 0 Å². The Balaban J connectivity index is 1.97. The first-order valence-electron chi connectivity index (χ1n) is 6.95. The van der Waals surface area contributed by atoms with Crippen LogP contribution in [0.2, 0.25) is 0 Å². The van der Waals surface area contributed by atoms with Crippen LogP contribution in [0.25, 0.3) is 0 Å². The average molecular weight is 261 g/mol. The maximum absolute atomic E-state index is 12.2. The number of aliphatic hydroxyl groups is 1. The van der Waals surface area contributed by atoms with Gasteiger partial charge in [-0.15, -0.1) is 0 Å². The molecule has 1 aromatic carbocycles. The molecule has 0 radical (unpaired) electrons. The lowest BCUT2D eigenvalue weighted by atomic mass is 10.0. The van der Waals surface area contributed by atoms with Crippen LogP contribution < -0.4 is 0 Å². The van der Waals surface area contributed by atoms with Gasteiger partial charge in [0.1, 0.15) is 0 Å². The standard InChI is InChI=1S/C16H23NO2/c1-12(2)13-4-6-14(7-5-13)15(18)10-17-9-8-16(3,19)11-17/h4-7,12,19H,8-11H2,1-3H3. The van der Waals surface area contributed by atoms with Crippen molar-refractivity contribution < 1.29 is 9.90 Å². The van der Waals surface area contributed by atoms with E-state index < -0.39 is 5.60 Å². The largest absolute Gasteiger partial charge is 0.389 e. The summed E-state index contributed by atoms with van der Waals surface area (Å²) in [5.74, 6) is 0.617. The number of carbonyl (C=O) groups excluding carboxylic acids is 1. The number of hydrogen-bond donors (Lipinski definition) is 1. The summed E-state index contributed by atoms with van der Waals surface area (Å²) in [6, 6.07) is 7.87. The first-order valence-corrected chi connectivity index (χ1v) is 6.95. The predicted molar refractivity (Wildman–Crippen MR) is 76.5 cm³/mol. The highest BCUT2D eigenvalue weighted by molar-refractivity contribution is 5.97. The van der Waals surface area contributed by atoms with E-state index in [0.717, 1.165) is 18.5 Å². The molecule has 1 saturated heterocycles. The summed E-state index contributed by atoms with van der Waals surface area (Å²) in [7, 11) is 0. The second kappa shape index (κ2) is 5.43. The van der Waals surface area contributed by atoms with Crippen LogP contribution in [0.1, 0.15) is 49.0 Å². The molecule has 0 amide bonds. The number of benzene rings is 1. The van der Waals surface area contributed by atoms with Crippen molar-refractivity contribution in [3.8, 4) is 0 Å². The Morgan fingerprint density at radius 3 is 2.47 bits per heavy atom. The summed E-state index contributed by atoms with van der Waals surface area (Å²) in [5.41, 5.74) is 1.37. The molecule has 1 aromatic rings. The molecule has 104 valence electrons. The molecule has 0 bridgehead atoms. The fourth-order valence-electron chi connectivity index (χ4n) is 2.52. The van der Waals surface area contributed by atoms with Crippen LogP contribution in [-0.4, -0.2) is 41.0 Å². The van der Waals surface area contributed by atoms with Gasteiger partial charge in [-0.25, -0.2) is 0 Å². The number of nitrogens with zero attached hydrogens (tertiary/aromatic N) is 1. The number of ketones is 1. The van der Waals surface area contributed by atoms with Crippen LogP contribution in [0, 0.1) is 0 Å². The van der Waals surface area contributed by atoms with Gasteiger partial charge in [0.15, 0.2) is 5.78 Å². The minimum Gasteiger partial charge on any atom is -0.389 e. The van der Waals surface area contributed by atoms with Crippen molar-refractivity contribution in [3.63, 3.8) is 0 Å². The molecule has 1 fully saturated rings. The normalized spacial score (nSPS) is 24.1. The number of likely N-dealkylation sites (tertiary alicyclic amines) is 1. The Kier molecular flexibility index (Phi) is 4.07. The predicted octanol–water partition coefficient (Wildman–Crippen LogP) is 2.45. The minimum absolute atomic E-state index is 0.132. The van der Waals surface area contributed by atoms with E-state index in [0.29, 0.717) is 19.0 Å². The molecule has 0 aliphatic carbocycles. The average Bonchev–Trinajstić information content (AvgIpc) is 2.68. The molecule has 3 nitrogen and oxygen atoms in total. The summed E-state index contributed by atoms with van der Waals surface area (Å²) >= 11 is 0. The molecule has 1 heterocycles. The lowest BCUT2D eigenvalue weighted by molar-refractivity contribution is 0.0669. The van der Waals surface area contributed by atoms with E-state index in [2.05, 4.69) is 13.8 Å². The Morgan fingerprint density at radius 2 is 2.00 bits per heavy atom. The summed E-state index contributed by atoms with van der Waals surface area (Å²) in [6.45, 7) is 7.89. The van der Waals surface area contributed by atoms with E-state index in [-0.39, 0.29) is 5.78 Å².